The second-order valence-corrected chi connectivity index (χ2v) is 3.00. The fourth-order valence-corrected chi connectivity index (χ4v) is 0.968. The lowest BCUT2D eigenvalue weighted by Gasteiger charge is -2.01. The zero-order valence-electron chi connectivity index (χ0n) is 8.28. The fraction of sp³-hybridized carbons (Fsp3) is 0.300. The van der Waals surface area contributed by atoms with E-state index in [0.29, 0.717) is 18.0 Å². The Morgan fingerprint density at radius 2 is 2.29 bits per heavy atom. The molecule has 0 saturated carbocycles. The van der Waals surface area contributed by atoms with Gasteiger partial charge >= 0.3 is 0 Å². The summed E-state index contributed by atoms with van der Waals surface area (Å²) in [6.07, 6.45) is 1.62. The molecule has 0 aliphatic carbocycles. The number of ether oxygens (including phenoxy) is 1. The van der Waals surface area contributed by atoms with E-state index in [2.05, 4.69) is 16.5 Å². The van der Waals surface area contributed by atoms with Gasteiger partial charge in [-0.2, -0.15) is 0 Å². The van der Waals surface area contributed by atoms with Gasteiger partial charge in [0, 0.05) is 12.5 Å². The van der Waals surface area contributed by atoms with E-state index in [1.807, 2.05) is 0 Å². The van der Waals surface area contributed by atoms with E-state index in [1.165, 1.54) is 19.5 Å². The Labute approximate surface area is 82.6 Å². The van der Waals surface area contributed by atoms with Crippen LogP contribution in [-0.2, 0) is 0 Å². The van der Waals surface area contributed by atoms with Gasteiger partial charge in [0.1, 0.15) is 12.0 Å². The molecule has 0 N–H and O–H groups in total. The molecule has 14 heavy (non-hydrogen) atoms. The summed E-state index contributed by atoms with van der Waals surface area (Å²) in [5.74, 6) is 0.322. The van der Waals surface area contributed by atoms with Gasteiger partial charge in [0.05, 0.1) is 7.11 Å². The lowest BCUT2D eigenvalue weighted by atomic mass is 10.1. The first kappa shape index (κ1) is 10.4. The maximum Gasteiger partial charge on any atom is 0.216 e. The highest BCUT2D eigenvalue weighted by atomic mass is 16.5. The van der Waals surface area contributed by atoms with E-state index in [0.717, 1.165) is 5.57 Å². The first-order valence-corrected chi connectivity index (χ1v) is 4.17. The molecule has 0 unspecified atom stereocenters. The van der Waals surface area contributed by atoms with E-state index in [-0.39, 0.29) is 5.78 Å². The third kappa shape index (κ3) is 2.65. The van der Waals surface area contributed by atoms with Crippen molar-refractivity contribution in [3.63, 3.8) is 0 Å². The van der Waals surface area contributed by atoms with Crippen molar-refractivity contribution in [3.05, 3.63) is 30.2 Å². The van der Waals surface area contributed by atoms with Gasteiger partial charge in [-0.1, -0.05) is 12.2 Å². The van der Waals surface area contributed by atoms with Gasteiger partial charge in [0.2, 0.25) is 5.88 Å². The quantitative estimate of drug-likeness (QED) is 0.537. The summed E-state index contributed by atoms with van der Waals surface area (Å²) < 4.78 is 4.88. The average Bonchev–Trinajstić information content (AvgIpc) is 2.17. The van der Waals surface area contributed by atoms with Crippen molar-refractivity contribution in [1.82, 2.24) is 9.97 Å². The molecule has 0 aliphatic heterocycles. The normalized spacial score (nSPS) is 9.57. The predicted molar refractivity (Wildman–Crippen MR) is 52.3 cm³/mol. The monoisotopic (exact) mass is 192 g/mol. The van der Waals surface area contributed by atoms with Crippen LogP contribution in [0.2, 0.25) is 0 Å². The number of ketones is 1. The number of hydrogen-bond acceptors (Lipinski definition) is 4. The summed E-state index contributed by atoms with van der Waals surface area (Å²) in [5, 5.41) is 0. The summed E-state index contributed by atoms with van der Waals surface area (Å²) in [6.45, 7) is 5.47. The smallest absolute Gasteiger partial charge is 0.216 e. The van der Waals surface area contributed by atoms with Crippen LogP contribution in [0.15, 0.2) is 24.5 Å². The first-order valence-electron chi connectivity index (χ1n) is 4.17. The van der Waals surface area contributed by atoms with Crippen molar-refractivity contribution < 1.29 is 9.53 Å². The van der Waals surface area contributed by atoms with Gasteiger partial charge in [0.25, 0.3) is 0 Å². The van der Waals surface area contributed by atoms with E-state index >= 15 is 0 Å². The molecule has 0 aliphatic rings. The molecule has 4 heteroatoms. The summed E-state index contributed by atoms with van der Waals surface area (Å²) in [6, 6.07) is 1.52. The van der Waals surface area contributed by atoms with Crippen LogP contribution >= 0.6 is 0 Å². The molecule has 4 nitrogen and oxygen atoms in total. The van der Waals surface area contributed by atoms with E-state index in [4.69, 9.17) is 4.74 Å². The van der Waals surface area contributed by atoms with Crippen LogP contribution in [0, 0.1) is 0 Å². The minimum absolute atomic E-state index is 0.0711. The highest BCUT2D eigenvalue weighted by molar-refractivity contribution is 5.95. The molecule has 0 radical (unpaired) electrons. The summed E-state index contributed by atoms with van der Waals surface area (Å²) in [7, 11) is 1.50. The zero-order valence-corrected chi connectivity index (χ0v) is 8.28. The molecule has 0 bridgehead atoms. The van der Waals surface area contributed by atoms with Crippen LogP contribution in [0.3, 0.4) is 0 Å². The van der Waals surface area contributed by atoms with Gasteiger partial charge < -0.3 is 4.74 Å². The number of hydrogen-bond donors (Lipinski definition) is 0. The minimum atomic E-state index is -0.0711. The molecule has 0 aromatic carbocycles. The molecule has 1 aromatic rings. The Bertz CT molecular complexity index is 361. The largest absolute Gasteiger partial charge is 0.481 e. The van der Waals surface area contributed by atoms with Gasteiger partial charge in [-0.3, -0.25) is 4.79 Å². The second kappa shape index (κ2) is 4.50. The molecule has 0 spiro atoms. The second-order valence-electron chi connectivity index (χ2n) is 3.00. The van der Waals surface area contributed by atoms with Crippen molar-refractivity contribution in [2.75, 3.05) is 7.11 Å². The molecule has 1 rings (SSSR count). The summed E-state index contributed by atoms with van der Waals surface area (Å²) in [5.41, 5.74) is 1.17. The molecular weight excluding hydrogens is 180 g/mol. The standard InChI is InChI=1S/C10H12N2O2/c1-7(2)4-9(13)8-5-10(14-3)12-6-11-8/h5-6H,1,4H2,2-3H3. The first-order chi connectivity index (χ1) is 6.63. The van der Waals surface area contributed by atoms with Crippen molar-refractivity contribution in [1.29, 1.82) is 0 Å². The van der Waals surface area contributed by atoms with Crippen LogP contribution in [-0.4, -0.2) is 22.9 Å². The number of carbonyl (C=O) groups is 1. The van der Waals surface area contributed by atoms with E-state index in [9.17, 15) is 4.79 Å². The molecule has 1 aromatic heterocycles. The van der Waals surface area contributed by atoms with Crippen LogP contribution in [0.25, 0.3) is 0 Å². The van der Waals surface area contributed by atoms with Crippen LogP contribution in [0.1, 0.15) is 23.8 Å². The van der Waals surface area contributed by atoms with Crippen molar-refractivity contribution in [2.45, 2.75) is 13.3 Å². The van der Waals surface area contributed by atoms with Crippen LogP contribution in [0.4, 0.5) is 0 Å². The topological polar surface area (TPSA) is 52.1 Å². The third-order valence-electron chi connectivity index (χ3n) is 1.60. The van der Waals surface area contributed by atoms with Gasteiger partial charge in [-0.05, 0) is 6.92 Å². The predicted octanol–water partition coefficient (Wildman–Crippen LogP) is 1.63. The maximum absolute atomic E-state index is 11.5. The minimum Gasteiger partial charge on any atom is -0.481 e. The number of allylic oxidation sites excluding steroid dienone is 1. The van der Waals surface area contributed by atoms with Crippen LogP contribution < -0.4 is 4.74 Å². The highest BCUT2D eigenvalue weighted by Gasteiger charge is 2.08. The molecule has 0 atom stereocenters. The molecule has 0 amide bonds. The summed E-state index contributed by atoms with van der Waals surface area (Å²) in [4.78, 5) is 19.2. The Hall–Kier alpha value is -1.71. The summed E-state index contributed by atoms with van der Waals surface area (Å²) >= 11 is 0. The number of aromatic nitrogens is 2. The SMILES string of the molecule is C=C(C)CC(=O)c1cc(OC)ncn1. The van der Waals surface area contributed by atoms with Gasteiger partial charge in [0.15, 0.2) is 5.78 Å². The molecular formula is C10H12N2O2. The Kier molecular flexibility index (Phi) is 3.34. The van der Waals surface area contributed by atoms with E-state index < -0.39 is 0 Å². The van der Waals surface area contributed by atoms with E-state index in [1.54, 1.807) is 6.92 Å². The molecule has 0 fully saturated rings. The van der Waals surface area contributed by atoms with Crippen molar-refractivity contribution >= 4 is 5.78 Å². The Balaban J connectivity index is 2.84. The maximum atomic E-state index is 11.5. The lowest BCUT2D eigenvalue weighted by Crippen LogP contribution is -2.03. The van der Waals surface area contributed by atoms with Gasteiger partial charge in [-0.25, -0.2) is 9.97 Å². The van der Waals surface area contributed by atoms with Crippen molar-refractivity contribution in [3.8, 4) is 5.88 Å². The molecule has 74 valence electrons. The fourth-order valence-electron chi connectivity index (χ4n) is 0.968. The third-order valence-corrected chi connectivity index (χ3v) is 1.60. The zero-order chi connectivity index (χ0) is 10.6. The number of nitrogens with zero attached hydrogens (tertiary/aromatic N) is 2. The number of Topliss-reactive ketones (excluding diaryl/α,β-unsaturated/α-hetero) is 1. The molecule has 1 heterocycles. The Morgan fingerprint density at radius 3 is 2.86 bits per heavy atom. The van der Waals surface area contributed by atoms with Gasteiger partial charge in [-0.15, -0.1) is 0 Å². The number of methoxy groups -OCH3 is 1. The van der Waals surface area contributed by atoms with Crippen molar-refractivity contribution in [2.24, 2.45) is 0 Å². The Morgan fingerprint density at radius 1 is 1.57 bits per heavy atom. The number of rotatable bonds is 4. The highest BCUT2D eigenvalue weighted by Crippen LogP contribution is 2.09. The van der Waals surface area contributed by atoms with Crippen LogP contribution in [0.5, 0.6) is 5.88 Å². The number of carbonyl (C=O) groups excluding carboxylic acids is 1. The lowest BCUT2D eigenvalue weighted by molar-refractivity contribution is 0.0987. The average molecular weight is 192 g/mol. The molecule has 0 saturated heterocycles.